The first-order chi connectivity index (χ1) is 8.65. The summed E-state index contributed by atoms with van der Waals surface area (Å²) in [6.07, 6.45) is 0.808. The number of alkyl halides is 1. The highest BCUT2D eigenvalue weighted by Gasteiger charge is 2.16. The van der Waals surface area contributed by atoms with Gasteiger partial charge in [-0.25, -0.2) is 0 Å². The lowest BCUT2D eigenvalue weighted by atomic mass is 9.99. The van der Waals surface area contributed by atoms with Crippen LogP contribution < -0.4 is 0 Å². The predicted molar refractivity (Wildman–Crippen MR) is 71.6 cm³/mol. The van der Waals surface area contributed by atoms with Gasteiger partial charge >= 0.3 is 0 Å². The number of phenolic OH excluding ortho intramolecular Hbond substituents is 2. The second kappa shape index (κ2) is 5.27. The normalized spacial score (nSPS) is 10.7. The molecule has 2 N–H and O–H groups in total. The van der Waals surface area contributed by atoms with Gasteiger partial charge in [-0.1, -0.05) is 24.3 Å². The summed E-state index contributed by atoms with van der Waals surface area (Å²) in [5.41, 5.74) is 0.149. The topological polar surface area (TPSA) is 57.5 Å². The van der Waals surface area contributed by atoms with E-state index in [1.807, 2.05) is 0 Å². The fraction of sp³-hybridized carbons (Fsp3) is 0.214. The van der Waals surface area contributed by atoms with Gasteiger partial charge in [-0.05, 0) is 12.5 Å². The summed E-state index contributed by atoms with van der Waals surface area (Å²) in [6.45, 7) is 0. The predicted octanol–water partition coefficient (Wildman–Crippen LogP) is 3.45. The van der Waals surface area contributed by atoms with Crippen LogP contribution >= 0.6 is 11.6 Å². The van der Waals surface area contributed by atoms with Gasteiger partial charge in [0.25, 0.3) is 0 Å². The quantitative estimate of drug-likeness (QED) is 0.505. The number of Topliss-reactive ketones (excluding diaryl/α,β-unsaturated/α-hetero) is 1. The number of hydrogen-bond donors (Lipinski definition) is 2. The number of fused-ring (bicyclic) bond motifs is 1. The standard InChI is InChI=1S/C14H13ClO3/c15-7-3-6-12(16)11-8-13(17)9-4-1-2-5-10(9)14(11)18/h1-2,4-5,8,17-18H,3,6-7H2. The van der Waals surface area contributed by atoms with Gasteiger partial charge < -0.3 is 10.2 Å². The van der Waals surface area contributed by atoms with Crippen LogP contribution in [0, 0.1) is 0 Å². The van der Waals surface area contributed by atoms with Gasteiger partial charge in [-0.3, -0.25) is 4.79 Å². The summed E-state index contributed by atoms with van der Waals surface area (Å²) in [5.74, 6) is 0.0984. The maximum atomic E-state index is 11.9. The first kappa shape index (κ1) is 12.7. The molecular weight excluding hydrogens is 252 g/mol. The molecule has 94 valence electrons. The number of hydrogen-bond acceptors (Lipinski definition) is 3. The fourth-order valence-corrected chi connectivity index (χ4v) is 2.05. The van der Waals surface area contributed by atoms with Crippen LogP contribution in [0.3, 0.4) is 0 Å². The third-order valence-electron chi connectivity index (χ3n) is 2.83. The monoisotopic (exact) mass is 264 g/mol. The fourth-order valence-electron chi connectivity index (χ4n) is 1.92. The number of aromatic hydroxyl groups is 2. The van der Waals surface area contributed by atoms with E-state index in [0.717, 1.165) is 0 Å². The number of carbonyl (C=O) groups is 1. The molecule has 0 spiro atoms. The molecule has 0 atom stereocenters. The van der Waals surface area contributed by atoms with Crippen molar-refractivity contribution >= 4 is 28.2 Å². The summed E-state index contributed by atoms with van der Waals surface area (Å²) in [6, 6.07) is 8.18. The van der Waals surface area contributed by atoms with E-state index in [1.165, 1.54) is 6.07 Å². The molecule has 0 amide bonds. The van der Waals surface area contributed by atoms with Crippen molar-refractivity contribution in [2.45, 2.75) is 12.8 Å². The third kappa shape index (κ3) is 2.27. The molecule has 0 bridgehead atoms. The van der Waals surface area contributed by atoms with Crippen LogP contribution in [-0.4, -0.2) is 21.9 Å². The van der Waals surface area contributed by atoms with E-state index in [9.17, 15) is 15.0 Å². The van der Waals surface area contributed by atoms with Crippen LogP contribution in [0.4, 0.5) is 0 Å². The van der Waals surface area contributed by atoms with E-state index >= 15 is 0 Å². The second-order valence-electron chi connectivity index (χ2n) is 4.05. The minimum atomic E-state index is -0.214. The smallest absolute Gasteiger partial charge is 0.166 e. The number of carbonyl (C=O) groups excluding carboxylic acids is 1. The van der Waals surface area contributed by atoms with Crippen LogP contribution in [-0.2, 0) is 0 Å². The van der Waals surface area contributed by atoms with Crippen LogP contribution in [0.5, 0.6) is 11.5 Å². The van der Waals surface area contributed by atoms with E-state index in [-0.39, 0.29) is 29.3 Å². The largest absolute Gasteiger partial charge is 0.507 e. The van der Waals surface area contributed by atoms with Gasteiger partial charge in [0, 0.05) is 23.1 Å². The lowest BCUT2D eigenvalue weighted by molar-refractivity contribution is 0.0979. The second-order valence-corrected chi connectivity index (χ2v) is 4.43. The summed E-state index contributed by atoms with van der Waals surface area (Å²) < 4.78 is 0. The molecule has 0 saturated carbocycles. The third-order valence-corrected chi connectivity index (χ3v) is 3.10. The van der Waals surface area contributed by atoms with Crippen molar-refractivity contribution in [1.29, 1.82) is 0 Å². The van der Waals surface area contributed by atoms with Crippen molar-refractivity contribution in [1.82, 2.24) is 0 Å². The zero-order valence-corrected chi connectivity index (χ0v) is 10.4. The molecule has 4 heteroatoms. The Kier molecular flexibility index (Phi) is 3.72. The Hall–Kier alpha value is -1.74. The van der Waals surface area contributed by atoms with Gasteiger partial charge in [0.2, 0.25) is 0 Å². The average molecular weight is 265 g/mol. The van der Waals surface area contributed by atoms with Gasteiger partial charge in [0.1, 0.15) is 11.5 Å². The van der Waals surface area contributed by atoms with Crippen molar-refractivity contribution in [2.75, 3.05) is 5.88 Å². The maximum Gasteiger partial charge on any atom is 0.166 e. The molecule has 0 aliphatic heterocycles. The van der Waals surface area contributed by atoms with Crippen LogP contribution in [0.2, 0.25) is 0 Å². The Morgan fingerprint density at radius 2 is 1.83 bits per heavy atom. The van der Waals surface area contributed by atoms with Crippen molar-refractivity contribution in [3.8, 4) is 11.5 Å². The Morgan fingerprint density at radius 1 is 1.17 bits per heavy atom. The molecule has 18 heavy (non-hydrogen) atoms. The molecule has 0 heterocycles. The van der Waals surface area contributed by atoms with Crippen LogP contribution in [0.15, 0.2) is 30.3 Å². The Labute approximate surface area is 110 Å². The van der Waals surface area contributed by atoms with Crippen molar-refractivity contribution < 1.29 is 15.0 Å². The highest BCUT2D eigenvalue weighted by atomic mass is 35.5. The minimum absolute atomic E-state index is 0.00220. The molecule has 2 aromatic rings. The molecule has 0 aliphatic carbocycles. The number of rotatable bonds is 4. The Balaban J connectivity index is 2.52. The number of benzene rings is 2. The van der Waals surface area contributed by atoms with Crippen molar-refractivity contribution in [3.05, 3.63) is 35.9 Å². The minimum Gasteiger partial charge on any atom is -0.507 e. The number of phenols is 2. The van der Waals surface area contributed by atoms with E-state index < -0.39 is 0 Å². The number of ketones is 1. The van der Waals surface area contributed by atoms with Crippen LogP contribution in [0.25, 0.3) is 10.8 Å². The zero-order valence-electron chi connectivity index (χ0n) is 9.69. The molecule has 0 aromatic heterocycles. The molecule has 0 saturated heterocycles. The average Bonchev–Trinajstić information content (AvgIpc) is 2.40. The lowest BCUT2D eigenvalue weighted by Gasteiger charge is -2.08. The molecular formula is C14H13ClO3. The van der Waals surface area contributed by atoms with Gasteiger partial charge in [0.05, 0.1) is 5.56 Å². The first-order valence-corrected chi connectivity index (χ1v) is 6.21. The SMILES string of the molecule is O=C(CCCCl)c1cc(O)c2ccccc2c1O. The Bertz CT molecular complexity index is 593. The van der Waals surface area contributed by atoms with E-state index in [4.69, 9.17) is 11.6 Å². The summed E-state index contributed by atoms with van der Waals surface area (Å²) >= 11 is 5.54. The zero-order chi connectivity index (χ0) is 13.1. The van der Waals surface area contributed by atoms with Crippen molar-refractivity contribution in [2.24, 2.45) is 0 Å². The molecule has 0 radical (unpaired) electrons. The maximum absolute atomic E-state index is 11.9. The van der Waals surface area contributed by atoms with E-state index in [0.29, 0.717) is 23.1 Å². The summed E-state index contributed by atoms with van der Waals surface area (Å²) in [7, 11) is 0. The molecule has 0 fully saturated rings. The molecule has 2 aromatic carbocycles. The first-order valence-electron chi connectivity index (χ1n) is 5.68. The van der Waals surface area contributed by atoms with Crippen molar-refractivity contribution in [3.63, 3.8) is 0 Å². The summed E-state index contributed by atoms with van der Waals surface area (Å²) in [4.78, 5) is 11.9. The van der Waals surface area contributed by atoms with Crippen LogP contribution in [0.1, 0.15) is 23.2 Å². The highest BCUT2D eigenvalue weighted by molar-refractivity contribution is 6.18. The molecule has 0 aliphatic rings. The molecule has 3 nitrogen and oxygen atoms in total. The molecule has 0 unspecified atom stereocenters. The summed E-state index contributed by atoms with van der Waals surface area (Å²) in [5, 5.41) is 20.9. The van der Waals surface area contributed by atoms with Gasteiger partial charge in [-0.15, -0.1) is 11.6 Å². The number of halogens is 1. The van der Waals surface area contributed by atoms with Gasteiger partial charge in [-0.2, -0.15) is 0 Å². The lowest BCUT2D eigenvalue weighted by Crippen LogP contribution is -2.00. The van der Waals surface area contributed by atoms with E-state index in [1.54, 1.807) is 24.3 Å². The molecule has 2 rings (SSSR count). The van der Waals surface area contributed by atoms with Gasteiger partial charge in [0.15, 0.2) is 5.78 Å². The highest BCUT2D eigenvalue weighted by Crippen LogP contribution is 2.35. The van der Waals surface area contributed by atoms with E-state index in [2.05, 4.69) is 0 Å². The Morgan fingerprint density at radius 3 is 2.50 bits per heavy atom.